The van der Waals surface area contributed by atoms with E-state index in [1.807, 2.05) is 13.0 Å². The Balaban J connectivity index is 1.71. The molecule has 0 aliphatic carbocycles. The van der Waals surface area contributed by atoms with Crippen LogP contribution >= 0.6 is 0 Å². The average Bonchev–Trinajstić information content (AvgIpc) is 2.75. The third kappa shape index (κ3) is 2.63. The fourth-order valence-electron chi connectivity index (χ4n) is 2.87. The molecule has 0 spiro atoms. The summed E-state index contributed by atoms with van der Waals surface area (Å²) in [5.74, 6) is 3.71. The Morgan fingerprint density at radius 3 is 2.91 bits per heavy atom. The first-order chi connectivity index (χ1) is 11.2. The van der Waals surface area contributed by atoms with Crippen molar-refractivity contribution in [2.24, 2.45) is 0 Å². The van der Waals surface area contributed by atoms with Gasteiger partial charge in [0.2, 0.25) is 0 Å². The predicted octanol–water partition coefficient (Wildman–Crippen LogP) is 1.38. The monoisotopic (exact) mass is 331 g/mol. The third-order valence-corrected chi connectivity index (χ3v) is 5.37. The minimum atomic E-state index is -0.716. The van der Waals surface area contributed by atoms with E-state index in [9.17, 15) is 4.21 Å². The Labute approximate surface area is 136 Å². The van der Waals surface area contributed by atoms with Crippen molar-refractivity contribution in [3.8, 4) is 5.75 Å². The largest absolute Gasteiger partial charge is 0.485 e. The van der Waals surface area contributed by atoms with Crippen molar-refractivity contribution in [3.05, 3.63) is 29.8 Å². The van der Waals surface area contributed by atoms with Gasteiger partial charge >= 0.3 is 0 Å². The number of fused-ring (bicyclic) bond motifs is 2. The zero-order valence-corrected chi connectivity index (χ0v) is 13.6. The van der Waals surface area contributed by atoms with E-state index >= 15 is 0 Å². The second kappa shape index (κ2) is 5.77. The van der Waals surface area contributed by atoms with Gasteiger partial charge in [0.05, 0.1) is 16.9 Å². The molecule has 0 radical (unpaired) electrons. The molecule has 0 bridgehead atoms. The van der Waals surface area contributed by atoms with E-state index in [-0.39, 0.29) is 0 Å². The summed E-state index contributed by atoms with van der Waals surface area (Å²) in [6, 6.07) is 1.88. The SMILES string of the molecule is Cc1nccc2c1OCc1c(ncnc1N1CCS(=O)CC1)N2. The highest BCUT2D eigenvalue weighted by molar-refractivity contribution is 7.85. The highest BCUT2D eigenvalue weighted by Crippen LogP contribution is 2.36. The zero-order chi connectivity index (χ0) is 15.8. The van der Waals surface area contributed by atoms with Gasteiger partial charge in [-0.3, -0.25) is 9.19 Å². The van der Waals surface area contributed by atoms with Crippen molar-refractivity contribution in [1.29, 1.82) is 0 Å². The van der Waals surface area contributed by atoms with Crippen LogP contribution in [0.4, 0.5) is 17.3 Å². The number of rotatable bonds is 1. The molecule has 0 saturated carbocycles. The Morgan fingerprint density at radius 1 is 1.26 bits per heavy atom. The lowest BCUT2D eigenvalue weighted by molar-refractivity contribution is 0.306. The minimum Gasteiger partial charge on any atom is -0.485 e. The van der Waals surface area contributed by atoms with Gasteiger partial charge in [-0.25, -0.2) is 9.97 Å². The standard InChI is InChI=1S/C15H17N5O2S/c1-10-13-12(2-3-16-10)19-14-11(8-22-13)15(18-9-17-14)20-4-6-23(21)7-5-20/h2-3,9H,4-8H2,1H3,(H,17,18,19). The van der Waals surface area contributed by atoms with E-state index in [1.54, 1.807) is 12.5 Å². The Morgan fingerprint density at radius 2 is 2.09 bits per heavy atom. The molecule has 0 unspecified atom stereocenters. The number of aromatic nitrogens is 3. The van der Waals surface area contributed by atoms with Gasteiger partial charge in [0.1, 0.15) is 24.6 Å². The smallest absolute Gasteiger partial charge is 0.164 e. The Kier molecular flexibility index (Phi) is 3.60. The molecular formula is C15H17N5O2S. The molecule has 7 nitrogen and oxygen atoms in total. The molecule has 0 aromatic carbocycles. The normalized spacial score (nSPS) is 17.5. The topological polar surface area (TPSA) is 80.2 Å². The predicted molar refractivity (Wildman–Crippen MR) is 88.7 cm³/mol. The number of aryl methyl sites for hydroxylation is 1. The van der Waals surface area contributed by atoms with Crippen LogP contribution in [-0.2, 0) is 17.4 Å². The third-order valence-electron chi connectivity index (χ3n) is 4.10. The molecule has 4 heterocycles. The van der Waals surface area contributed by atoms with Crippen LogP contribution in [-0.4, -0.2) is 43.8 Å². The van der Waals surface area contributed by atoms with Crippen molar-refractivity contribution >= 4 is 28.1 Å². The van der Waals surface area contributed by atoms with Crippen LogP contribution in [0.15, 0.2) is 18.6 Å². The van der Waals surface area contributed by atoms with Gasteiger partial charge in [-0.2, -0.15) is 0 Å². The van der Waals surface area contributed by atoms with Crippen molar-refractivity contribution in [3.63, 3.8) is 0 Å². The molecule has 8 heteroatoms. The van der Waals surface area contributed by atoms with Gasteiger partial charge in [0.25, 0.3) is 0 Å². The molecule has 1 fully saturated rings. The Bertz CT molecular complexity index is 772. The maximum Gasteiger partial charge on any atom is 0.164 e. The fraction of sp³-hybridized carbons (Fsp3) is 0.400. The van der Waals surface area contributed by atoms with Crippen molar-refractivity contribution in [2.45, 2.75) is 13.5 Å². The van der Waals surface area contributed by atoms with Crippen LogP contribution in [0.5, 0.6) is 5.75 Å². The van der Waals surface area contributed by atoms with Crippen LogP contribution in [0, 0.1) is 6.92 Å². The lowest BCUT2D eigenvalue weighted by atomic mass is 10.2. The summed E-state index contributed by atoms with van der Waals surface area (Å²) in [5.41, 5.74) is 2.63. The van der Waals surface area contributed by atoms with Crippen LogP contribution < -0.4 is 15.0 Å². The fourth-order valence-corrected chi connectivity index (χ4v) is 3.92. The Hall–Kier alpha value is -2.22. The van der Waals surface area contributed by atoms with E-state index < -0.39 is 10.8 Å². The number of anilines is 3. The lowest BCUT2D eigenvalue weighted by Crippen LogP contribution is -2.39. The van der Waals surface area contributed by atoms with Gasteiger partial charge in [-0.1, -0.05) is 0 Å². The molecule has 0 amide bonds. The van der Waals surface area contributed by atoms with Crippen LogP contribution in [0.25, 0.3) is 0 Å². The summed E-state index contributed by atoms with van der Waals surface area (Å²) in [7, 11) is -0.716. The number of hydrogen-bond donors (Lipinski definition) is 1. The molecule has 120 valence electrons. The molecule has 2 aliphatic heterocycles. The molecule has 4 rings (SSSR count). The molecule has 0 atom stereocenters. The van der Waals surface area contributed by atoms with Gasteiger partial charge in [0.15, 0.2) is 5.75 Å². The highest BCUT2D eigenvalue weighted by Gasteiger charge is 2.25. The average molecular weight is 331 g/mol. The first-order valence-electron chi connectivity index (χ1n) is 7.51. The molecule has 2 aromatic rings. The van der Waals surface area contributed by atoms with E-state index in [4.69, 9.17) is 4.74 Å². The first-order valence-corrected chi connectivity index (χ1v) is 9.00. The molecule has 1 saturated heterocycles. The summed E-state index contributed by atoms with van der Waals surface area (Å²) >= 11 is 0. The molecule has 1 N–H and O–H groups in total. The quantitative estimate of drug-likeness (QED) is 0.845. The van der Waals surface area contributed by atoms with E-state index in [0.717, 1.165) is 47.4 Å². The number of nitrogens with zero attached hydrogens (tertiary/aromatic N) is 4. The van der Waals surface area contributed by atoms with Crippen molar-refractivity contribution < 1.29 is 8.95 Å². The van der Waals surface area contributed by atoms with Crippen molar-refractivity contribution in [2.75, 3.05) is 34.8 Å². The van der Waals surface area contributed by atoms with Crippen LogP contribution in [0.2, 0.25) is 0 Å². The second-order valence-electron chi connectivity index (χ2n) is 5.55. The van der Waals surface area contributed by atoms with Gasteiger partial charge in [0, 0.05) is 41.6 Å². The molecule has 23 heavy (non-hydrogen) atoms. The lowest BCUT2D eigenvalue weighted by Gasteiger charge is -2.29. The summed E-state index contributed by atoms with van der Waals surface area (Å²) in [6.07, 6.45) is 3.31. The second-order valence-corrected chi connectivity index (χ2v) is 7.24. The molecule has 2 aromatic heterocycles. The molecule has 2 aliphatic rings. The van der Waals surface area contributed by atoms with Gasteiger partial charge in [-0.05, 0) is 13.0 Å². The van der Waals surface area contributed by atoms with Crippen molar-refractivity contribution in [1.82, 2.24) is 15.0 Å². The van der Waals surface area contributed by atoms with Crippen LogP contribution in [0.1, 0.15) is 11.3 Å². The number of nitrogens with one attached hydrogen (secondary N) is 1. The molecular weight excluding hydrogens is 314 g/mol. The van der Waals surface area contributed by atoms with E-state index in [2.05, 4.69) is 25.2 Å². The maximum atomic E-state index is 11.6. The van der Waals surface area contributed by atoms with Crippen LogP contribution in [0.3, 0.4) is 0 Å². The zero-order valence-electron chi connectivity index (χ0n) is 12.8. The summed E-state index contributed by atoms with van der Waals surface area (Å²) in [6.45, 7) is 3.79. The van der Waals surface area contributed by atoms with Gasteiger partial charge in [-0.15, -0.1) is 0 Å². The first kappa shape index (κ1) is 14.4. The highest BCUT2D eigenvalue weighted by atomic mass is 32.2. The van der Waals surface area contributed by atoms with Gasteiger partial charge < -0.3 is 15.0 Å². The summed E-state index contributed by atoms with van der Waals surface area (Å²) in [5, 5.41) is 3.33. The van der Waals surface area contributed by atoms with E-state index in [1.165, 1.54) is 0 Å². The number of ether oxygens (including phenoxy) is 1. The summed E-state index contributed by atoms with van der Waals surface area (Å²) < 4.78 is 17.5. The minimum absolute atomic E-state index is 0.387. The maximum absolute atomic E-state index is 11.6. The van der Waals surface area contributed by atoms with E-state index in [0.29, 0.717) is 18.1 Å². The number of hydrogen-bond acceptors (Lipinski definition) is 7. The summed E-state index contributed by atoms with van der Waals surface area (Å²) in [4.78, 5) is 15.2. The number of pyridine rings is 1.